The molecule has 3 rings (SSSR count). The topological polar surface area (TPSA) is 63.4 Å². The number of hydrogen-bond acceptors (Lipinski definition) is 2. The summed E-state index contributed by atoms with van der Waals surface area (Å²) in [5.74, 6) is -5.78. The third-order valence-electron chi connectivity index (χ3n) is 4.82. The highest BCUT2D eigenvalue weighted by atomic mass is 19.2. The molecular formula is C23H19F3N2O2. The maximum absolute atomic E-state index is 13.9. The van der Waals surface area contributed by atoms with Gasteiger partial charge in [-0.05, 0) is 42.3 Å². The summed E-state index contributed by atoms with van der Waals surface area (Å²) >= 11 is 0. The van der Waals surface area contributed by atoms with E-state index >= 15 is 0 Å². The number of amides is 2. The van der Waals surface area contributed by atoms with E-state index in [1.165, 1.54) is 6.92 Å². The second kappa shape index (κ2) is 8.82. The van der Waals surface area contributed by atoms with Crippen LogP contribution in [0.2, 0.25) is 0 Å². The summed E-state index contributed by atoms with van der Waals surface area (Å²) in [6.45, 7) is 1.49. The number of nitrogens with zero attached hydrogens (tertiary/aromatic N) is 1. The van der Waals surface area contributed by atoms with Crippen molar-refractivity contribution in [2.45, 2.75) is 19.0 Å². The van der Waals surface area contributed by atoms with Crippen LogP contribution in [0.4, 0.5) is 13.2 Å². The Balaban J connectivity index is 2.16. The molecule has 2 atom stereocenters. The van der Waals surface area contributed by atoms with Crippen LogP contribution >= 0.6 is 0 Å². The molecule has 0 aliphatic carbocycles. The van der Waals surface area contributed by atoms with E-state index in [0.717, 1.165) is 17.0 Å². The van der Waals surface area contributed by atoms with E-state index in [-0.39, 0.29) is 11.1 Å². The minimum Gasteiger partial charge on any atom is -0.368 e. The van der Waals surface area contributed by atoms with Gasteiger partial charge in [-0.2, -0.15) is 0 Å². The highest BCUT2D eigenvalue weighted by molar-refractivity contribution is 5.98. The number of nitrogens with two attached hydrogens (primary N) is 1. The van der Waals surface area contributed by atoms with Crippen molar-refractivity contribution >= 4 is 11.8 Å². The van der Waals surface area contributed by atoms with E-state index in [9.17, 15) is 22.8 Å². The van der Waals surface area contributed by atoms with Gasteiger partial charge in [0.25, 0.3) is 5.91 Å². The van der Waals surface area contributed by atoms with E-state index in [1.54, 1.807) is 60.7 Å². The molecule has 0 radical (unpaired) electrons. The number of benzene rings is 3. The van der Waals surface area contributed by atoms with Crippen molar-refractivity contribution in [3.63, 3.8) is 0 Å². The summed E-state index contributed by atoms with van der Waals surface area (Å²) in [5.41, 5.74) is 6.32. The van der Waals surface area contributed by atoms with Gasteiger partial charge in [-0.25, -0.2) is 13.2 Å². The van der Waals surface area contributed by atoms with Crippen molar-refractivity contribution in [3.8, 4) is 0 Å². The summed E-state index contributed by atoms with van der Waals surface area (Å²) in [6, 6.07) is 15.9. The molecule has 2 amide bonds. The first kappa shape index (κ1) is 21.1. The smallest absolute Gasteiger partial charge is 0.255 e. The van der Waals surface area contributed by atoms with Gasteiger partial charge >= 0.3 is 0 Å². The Morgan fingerprint density at radius 2 is 1.33 bits per heavy atom. The molecule has 0 aromatic heterocycles. The van der Waals surface area contributed by atoms with Gasteiger partial charge in [0.2, 0.25) is 5.91 Å². The molecule has 30 heavy (non-hydrogen) atoms. The minimum absolute atomic E-state index is 0.0159. The fourth-order valence-electron chi connectivity index (χ4n) is 3.32. The fourth-order valence-corrected chi connectivity index (χ4v) is 3.32. The van der Waals surface area contributed by atoms with E-state index in [2.05, 4.69) is 0 Å². The van der Waals surface area contributed by atoms with Crippen LogP contribution in [0, 0.1) is 17.5 Å². The Hall–Kier alpha value is -3.61. The van der Waals surface area contributed by atoms with Crippen molar-refractivity contribution in [2.24, 2.45) is 5.73 Å². The van der Waals surface area contributed by atoms with E-state index in [4.69, 9.17) is 5.73 Å². The number of rotatable bonds is 6. The molecule has 0 aliphatic heterocycles. The normalized spacial score (nSPS) is 12.8. The molecule has 3 aromatic carbocycles. The monoisotopic (exact) mass is 412 g/mol. The molecule has 3 aromatic rings. The van der Waals surface area contributed by atoms with Crippen LogP contribution < -0.4 is 5.73 Å². The average Bonchev–Trinajstić information content (AvgIpc) is 2.75. The zero-order valence-corrected chi connectivity index (χ0v) is 16.1. The summed E-state index contributed by atoms with van der Waals surface area (Å²) in [7, 11) is 0. The molecule has 0 saturated heterocycles. The zero-order chi connectivity index (χ0) is 21.8. The van der Waals surface area contributed by atoms with Gasteiger partial charge in [0.05, 0.1) is 6.04 Å². The highest BCUT2D eigenvalue weighted by Gasteiger charge is 2.35. The predicted octanol–water partition coefficient (Wildman–Crippen LogP) is 4.53. The Morgan fingerprint density at radius 1 is 0.833 bits per heavy atom. The third-order valence-corrected chi connectivity index (χ3v) is 4.82. The second-order valence-corrected chi connectivity index (χ2v) is 6.77. The van der Waals surface area contributed by atoms with Crippen LogP contribution in [0.3, 0.4) is 0 Å². The summed E-state index contributed by atoms with van der Waals surface area (Å²) in [6.07, 6.45) is 0. The standard InChI is InChI=1S/C23H19F3N2O2/c1-14(17-12-18(24)20(26)19(25)13-17)28(23(30)16-10-6-3-7-11-16)21(22(27)29)15-8-4-2-5-9-15/h2-14,21H,1H3,(H2,27,29)/t14-,21-/m1/s1. The molecule has 0 bridgehead atoms. The first-order chi connectivity index (χ1) is 14.3. The molecule has 154 valence electrons. The number of halogens is 3. The average molecular weight is 412 g/mol. The van der Waals surface area contributed by atoms with Crippen LogP contribution in [0.15, 0.2) is 72.8 Å². The van der Waals surface area contributed by atoms with Gasteiger partial charge in [-0.1, -0.05) is 48.5 Å². The van der Waals surface area contributed by atoms with Crippen LogP contribution in [0.25, 0.3) is 0 Å². The largest absolute Gasteiger partial charge is 0.368 e. The quantitative estimate of drug-likeness (QED) is 0.605. The Kier molecular flexibility index (Phi) is 6.20. The zero-order valence-electron chi connectivity index (χ0n) is 16.1. The molecule has 0 saturated carbocycles. The van der Waals surface area contributed by atoms with Crippen molar-refractivity contribution in [3.05, 3.63) is 107 Å². The van der Waals surface area contributed by atoms with Gasteiger partial charge in [-0.15, -0.1) is 0 Å². The van der Waals surface area contributed by atoms with E-state index in [1.807, 2.05) is 0 Å². The van der Waals surface area contributed by atoms with Crippen molar-refractivity contribution < 1.29 is 22.8 Å². The van der Waals surface area contributed by atoms with Crippen LogP contribution in [0.5, 0.6) is 0 Å². The Morgan fingerprint density at radius 3 is 1.83 bits per heavy atom. The number of primary amides is 1. The first-order valence-electron chi connectivity index (χ1n) is 9.17. The number of carbonyl (C=O) groups is 2. The van der Waals surface area contributed by atoms with Gasteiger partial charge < -0.3 is 10.6 Å². The molecule has 0 heterocycles. The molecule has 0 fully saturated rings. The lowest BCUT2D eigenvalue weighted by Gasteiger charge is -2.35. The fraction of sp³-hybridized carbons (Fsp3) is 0.130. The first-order valence-corrected chi connectivity index (χ1v) is 9.17. The molecule has 0 aliphatic rings. The van der Waals surface area contributed by atoms with E-state index < -0.39 is 41.3 Å². The van der Waals surface area contributed by atoms with Gasteiger partial charge in [-0.3, -0.25) is 9.59 Å². The maximum atomic E-state index is 13.9. The summed E-state index contributed by atoms with van der Waals surface area (Å²) < 4.78 is 41.2. The van der Waals surface area contributed by atoms with Crippen molar-refractivity contribution in [1.82, 2.24) is 4.90 Å². The predicted molar refractivity (Wildman–Crippen MR) is 106 cm³/mol. The maximum Gasteiger partial charge on any atom is 0.255 e. The third kappa shape index (κ3) is 4.20. The van der Waals surface area contributed by atoms with Crippen LogP contribution in [-0.4, -0.2) is 16.7 Å². The molecular weight excluding hydrogens is 393 g/mol. The van der Waals surface area contributed by atoms with E-state index in [0.29, 0.717) is 5.56 Å². The van der Waals surface area contributed by atoms with Gasteiger partial charge in [0.1, 0.15) is 6.04 Å². The minimum atomic E-state index is -1.61. The SMILES string of the molecule is C[C@H](c1cc(F)c(F)c(F)c1)N(C(=O)c1ccccc1)[C@@H](C(N)=O)c1ccccc1. The van der Waals surface area contributed by atoms with Crippen LogP contribution in [0.1, 0.15) is 40.5 Å². The Labute approximate surface area is 171 Å². The van der Waals surface area contributed by atoms with Gasteiger partial charge in [0, 0.05) is 5.56 Å². The Bertz CT molecular complexity index is 1040. The molecule has 0 spiro atoms. The molecule has 0 unspecified atom stereocenters. The molecule has 7 heteroatoms. The lowest BCUT2D eigenvalue weighted by molar-refractivity contribution is -0.123. The van der Waals surface area contributed by atoms with Crippen LogP contribution in [-0.2, 0) is 4.79 Å². The van der Waals surface area contributed by atoms with Gasteiger partial charge in [0.15, 0.2) is 17.5 Å². The lowest BCUT2D eigenvalue weighted by atomic mass is 9.97. The lowest BCUT2D eigenvalue weighted by Crippen LogP contribution is -2.43. The molecule has 4 nitrogen and oxygen atoms in total. The second-order valence-electron chi connectivity index (χ2n) is 6.77. The molecule has 2 N–H and O–H groups in total. The number of hydrogen-bond donors (Lipinski definition) is 1. The highest BCUT2D eigenvalue weighted by Crippen LogP contribution is 2.33. The summed E-state index contributed by atoms with van der Waals surface area (Å²) in [5, 5.41) is 0. The van der Waals surface area contributed by atoms with Crippen molar-refractivity contribution in [1.29, 1.82) is 0 Å². The summed E-state index contributed by atoms with van der Waals surface area (Å²) in [4.78, 5) is 26.9. The van der Waals surface area contributed by atoms with Crippen molar-refractivity contribution in [2.75, 3.05) is 0 Å². The number of carbonyl (C=O) groups excluding carboxylic acids is 2.